The Bertz CT molecular complexity index is 1030. The van der Waals surface area contributed by atoms with E-state index < -0.39 is 0 Å². The van der Waals surface area contributed by atoms with Gasteiger partial charge in [-0.05, 0) is 35.9 Å². The van der Waals surface area contributed by atoms with E-state index in [1.807, 2.05) is 42.5 Å². The lowest BCUT2D eigenvalue weighted by molar-refractivity contribution is 0.102. The zero-order valence-corrected chi connectivity index (χ0v) is 15.5. The van der Waals surface area contributed by atoms with Crippen molar-refractivity contribution in [2.24, 2.45) is 0 Å². The van der Waals surface area contributed by atoms with E-state index in [1.165, 1.54) is 5.56 Å². The molecule has 0 saturated heterocycles. The topological polar surface area (TPSA) is 42.0 Å². The van der Waals surface area contributed by atoms with Crippen molar-refractivity contribution >= 4 is 44.9 Å². The summed E-state index contributed by atoms with van der Waals surface area (Å²) in [6.45, 7) is 0. The number of nitrogens with one attached hydrogen (secondary N) is 1. The van der Waals surface area contributed by atoms with Crippen LogP contribution >= 0.6 is 23.1 Å². The molecule has 3 aromatic carbocycles. The summed E-state index contributed by atoms with van der Waals surface area (Å²) in [5.41, 5.74) is 3.68. The fraction of sp³-hybridized carbons (Fsp3) is 0.0476. The number of hydrogen-bond donors (Lipinski definition) is 1. The third kappa shape index (κ3) is 3.95. The number of thioether (sulfide) groups is 1. The molecule has 0 fully saturated rings. The van der Waals surface area contributed by atoms with Gasteiger partial charge in [-0.25, -0.2) is 4.98 Å². The largest absolute Gasteiger partial charge is 0.322 e. The fourth-order valence-corrected chi connectivity index (χ4v) is 4.62. The Balaban J connectivity index is 1.48. The van der Waals surface area contributed by atoms with Gasteiger partial charge < -0.3 is 5.32 Å². The summed E-state index contributed by atoms with van der Waals surface area (Å²) in [7, 11) is 0. The van der Waals surface area contributed by atoms with E-state index in [2.05, 4.69) is 34.6 Å². The number of anilines is 1. The number of aromatic nitrogens is 1. The van der Waals surface area contributed by atoms with Crippen LogP contribution in [0.15, 0.2) is 83.2 Å². The number of amides is 1. The molecule has 0 aliphatic carbocycles. The first kappa shape index (κ1) is 16.8. The van der Waals surface area contributed by atoms with E-state index in [0.29, 0.717) is 5.56 Å². The molecule has 1 aromatic heterocycles. The third-order valence-corrected chi connectivity index (χ3v) is 6.10. The van der Waals surface area contributed by atoms with Crippen molar-refractivity contribution in [2.75, 3.05) is 5.32 Å². The second-order valence-electron chi connectivity index (χ2n) is 5.76. The molecule has 1 heterocycles. The van der Waals surface area contributed by atoms with E-state index in [-0.39, 0.29) is 5.91 Å². The molecule has 0 atom stereocenters. The monoisotopic (exact) mass is 376 g/mol. The van der Waals surface area contributed by atoms with Crippen LogP contribution in [-0.2, 0) is 5.75 Å². The minimum atomic E-state index is -0.104. The highest BCUT2D eigenvalue weighted by Crippen LogP contribution is 2.33. The smallest absolute Gasteiger partial charge is 0.255 e. The zero-order valence-electron chi connectivity index (χ0n) is 13.9. The number of fused-ring (bicyclic) bond motifs is 1. The Morgan fingerprint density at radius 3 is 2.46 bits per heavy atom. The highest BCUT2D eigenvalue weighted by atomic mass is 32.2. The van der Waals surface area contributed by atoms with Crippen LogP contribution in [-0.4, -0.2) is 10.9 Å². The first-order valence-corrected chi connectivity index (χ1v) is 10.0. The van der Waals surface area contributed by atoms with Gasteiger partial charge >= 0.3 is 0 Å². The van der Waals surface area contributed by atoms with Gasteiger partial charge in [0, 0.05) is 17.0 Å². The number of benzene rings is 3. The van der Waals surface area contributed by atoms with Crippen LogP contribution in [0.25, 0.3) is 10.2 Å². The van der Waals surface area contributed by atoms with E-state index in [0.717, 1.165) is 26.0 Å². The number of carbonyl (C=O) groups is 1. The van der Waals surface area contributed by atoms with Crippen molar-refractivity contribution in [3.05, 3.63) is 90.0 Å². The summed E-state index contributed by atoms with van der Waals surface area (Å²) in [4.78, 5) is 17.0. The van der Waals surface area contributed by atoms with Crippen molar-refractivity contribution in [1.29, 1.82) is 0 Å². The molecular weight excluding hydrogens is 360 g/mol. The minimum absolute atomic E-state index is 0.104. The van der Waals surface area contributed by atoms with Gasteiger partial charge in [-0.15, -0.1) is 11.3 Å². The van der Waals surface area contributed by atoms with Gasteiger partial charge in [-0.2, -0.15) is 0 Å². The zero-order chi connectivity index (χ0) is 17.8. The van der Waals surface area contributed by atoms with Gasteiger partial charge in [0.25, 0.3) is 5.91 Å². The Kier molecular flexibility index (Phi) is 5.00. The third-order valence-electron chi connectivity index (χ3n) is 3.87. The molecule has 0 bridgehead atoms. The summed E-state index contributed by atoms with van der Waals surface area (Å²) in [6.07, 6.45) is 0. The lowest BCUT2D eigenvalue weighted by Gasteiger charge is -2.04. The maximum atomic E-state index is 12.3. The maximum Gasteiger partial charge on any atom is 0.255 e. The molecule has 1 amide bonds. The first-order valence-electron chi connectivity index (χ1n) is 8.22. The molecule has 0 aliphatic rings. The molecule has 0 unspecified atom stereocenters. The van der Waals surface area contributed by atoms with Crippen molar-refractivity contribution in [1.82, 2.24) is 4.98 Å². The van der Waals surface area contributed by atoms with Crippen LogP contribution in [0.2, 0.25) is 0 Å². The Morgan fingerprint density at radius 2 is 1.69 bits per heavy atom. The van der Waals surface area contributed by atoms with Crippen molar-refractivity contribution < 1.29 is 4.79 Å². The average Bonchev–Trinajstić information content (AvgIpc) is 3.10. The summed E-state index contributed by atoms with van der Waals surface area (Å²) < 4.78 is 2.11. The lowest BCUT2D eigenvalue weighted by atomic mass is 10.2. The molecule has 0 radical (unpaired) electrons. The van der Waals surface area contributed by atoms with Crippen LogP contribution in [0.5, 0.6) is 0 Å². The molecule has 4 aromatic rings. The van der Waals surface area contributed by atoms with E-state index >= 15 is 0 Å². The highest BCUT2D eigenvalue weighted by molar-refractivity contribution is 8.00. The fourth-order valence-electron chi connectivity index (χ4n) is 2.56. The number of hydrogen-bond acceptors (Lipinski definition) is 4. The number of thiazole rings is 1. The summed E-state index contributed by atoms with van der Waals surface area (Å²) in [5.74, 6) is 0.797. The van der Waals surface area contributed by atoms with E-state index in [1.54, 1.807) is 35.2 Å². The number of nitrogens with zero attached hydrogens (tertiary/aromatic N) is 1. The van der Waals surface area contributed by atoms with Gasteiger partial charge in [-0.1, -0.05) is 60.3 Å². The number of carbonyl (C=O) groups excluding carboxylic acids is 1. The van der Waals surface area contributed by atoms with Crippen LogP contribution < -0.4 is 5.32 Å². The highest BCUT2D eigenvalue weighted by Gasteiger charge is 2.09. The van der Waals surface area contributed by atoms with E-state index in [4.69, 9.17) is 0 Å². The average molecular weight is 377 g/mol. The molecule has 0 saturated carbocycles. The summed E-state index contributed by atoms with van der Waals surface area (Å²) in [5, 5.41) is 2.95. The second kappa shape index (κ2) is 7.72. The van der Waals surface area contributed by atoms with Gasteiger partial charge in [0.2, 0.25) is 0 Å². The molecule has 1 N–H and O–H groups in total. The van der Waals surface area contributed by atoms with Crippen LogP contribution in [0.4, 0.5) is 5.69 Å². The molecule has 128 valence electrons. The lowest BCUT2D eigenvalue weighted by Crippen LogP contribution is -2.11. The van der Waals surface area contributed by atoms with Crippen molar-refractivity contribution in [3.63, 3.8) is 0 Å². The first-order chi connectivity index (χ1) is 12.8. The van der Waals surface area contributed by atoms with E-state index in [9.17, 15) is 4.79 Å². The predicted octanol–water partition coefficient (Wildman–Crippen LogP) is 5.84. The van der Waals surface area contributed by atoms with Crippen LogP contribution in [0.3, 0.4) is 0 Å². The molecule has 4 rings (SSSR count). The SMILES string of the molecule is O=C(Nc1ccc2nc(SCc3ccccc3)sc2c1)c1ccccc1. The number of rotatable bonds is 5. The Labute approximate surface area is 160 Å². The van der Waals surface area contributed by atoms with Crippen LogP contribution in [0.1, 0.15) is 15.9 Å². The molecule has 5 heteroatoms. The maximum absolute atomic E-state index is 12.3. The van der Waals surface area contributed by atoms with Gasteiger partial charge in [0.1, 0.15) is 0 Å². The Hall–Kier alpha value is -2.63. The normalized spacial score (nSPS) is 10.8. The second-order valence-corrected chi connectivity index (χ2v) is 8.01. The van der Waals surface area contributed by atoms with Crippen molar-refractivity contribution in [2.45, 2.75) is 10.1 Å². The van der Waals surface area contributed by atoms with Gasteiger partial charge in [0.05, 0.1) is 10.2 Å². The van der Waals surface area contributed by atoms with Gasteiger partial charge in [-0.3, -0.25) is 4.79 Å². The molecule has 26 heavy (non-hydrogen) atoms. The van der Waals surface area contributed by atoms with Crippen LogP contribution in [0, 0.1) is 0 Å². The minimum Gasteiger partial charge on any atom is -0.322 e. The predicted molar refractivity (Wildman–Crippen MR) is 110 cm³/mol. The summed E-state index contributed by atoms with van der Waals surface area (Å²) in [6, 6.07) is 25.4. The van der Waals surface area contributed by atoms with Gasteiger partial charge in [0.15, 0.2) is 4.34 Å². The molecule has 0 aliphatic heterocycles. The Morgan fingerprint density at radius 1 is 0.962 bits per heavy atom. The molecule has 3 nitrogen and oxygen atoms in total. The molecular formula is C21H16N2OS2. The molecule has 0 spiro atoms. The summed E-state index contributed by atoms with van der Waals surface area (Å²) >= 11 is 3.39. The quantitative estimate of drug-likeness (QED) is 0.445. The standard InChI is InChI=1S/C21H16N2OS2/c24-20(16-9-5-2-6-10-16)22-17-11-12-18-19(13-17)26-21(23-18)25-14-15-7-3-1-4-8-15/h1-13H,14H2,(H,22,24). The van der Waals surface area contributed by atoms with Crippen molar-refractivity contribution in [3.8, 4) is 0 Å².